The van der Waals surface area contributed by atoms with Crippen LogP contribution in [0.2, 0.25) is 0 Å². The first-order valence-electron chi connectivity index (χ1n) is 14.1. The van der Waals surface area contributed by atoms with E-state index in [1.54, 1.807) is 22.3 Å². The molecule has 0 unspecified atom stereocenters. The second kappa shape index (κ2) is 9.93. The van der Waals surface area contributed by atoms with E-state index in [1.807, 2.05) is 0 Å². The summed E-state index contributed by atoms with van der Waals surface area (Å²) in [4.78, 5) is 0. The molecule has 0 bridgehead atoms. The summed E-state index contributed by atoms with van der Waals surface area (Å²) in [5.41, 5.74) is 9.75. The number of benzene rings is 2. The number of hydrogen-bond donors (Lipinski definition) is 0. The molecule has 0 atom stereocenters. The maximum atomic E-state index is 2.48. The Labute approximate surface area is 240 Å². The molecule has 0 spiro atoms. The van der Waals surface area contributed by atoms with Crippen LogP contribution >= 0.6 is 0 Å². The fourth-order valence-electron chi connectivity index (χ4n) is 5.58. The Morgan fingerprint density at radius 1 is 0.324 bits per heavy atom. The fourth-order valence-corrected chi connectivity index (χ4v) is 8.49. The van der Waals surface area contributed by atoms with Crippen LogP contribution in [0.5, 0.6) is 0 Å². The monoisotopic (exact) mass is 596 g/mol. The number of hydrogen-bond acceptors (Lipinski definition) is 0. The summed E-state index contributed by atoms with van der Waals surface area (Å²) >= 11 is 0.360. The van der Waals surface area contributed by atoms with Crippen molar-refractivity contribution >= 4 is 8.07 Å². The summed E-state index contributed by atoms with van der Waals surface area (Å²) in [7, 11) is 0. The molecule has 0 fully saturated rings. The zero-order valence-corrected chi connectivity index (χ0v) is 29.2. The van der Waals surface area contributed by atoms with E-state index >= 15 is 0 Å². The Morgan fingerprint density at radius 2 is 0.568 bits per heavy atom. The van der Waals surface area contributed by atoms with Crippen molar-refractivity contribution in [1.82, 2.24) is 0 Å². The van der Waals surface area contributed by atoms with E-state index in [0.29, 0.717) is 18.0 Å². The Kier molecular flexibility index (Phi) is 8.68. The molecule has 0 aliphatic heterocycles. The molecule has 2 aromatic carbocycles. The Bertz CT molecular complexity index is 1030. The topological polar surface area (TPSA) is 0 Å². The SMILES string of the molecule is CC(C)(C)c1cc[c]([Pd][c]2ccc(C(C)(C)C)c(C(C)(C)C)c2C(C)(C)C)c(C(C)(C)C)c1C(C)(C)C. The van der Waals surface area contributed by atoms with Crippen molar-refractivity contribution in [3.8, 4) is 0 Å². The first-order chi connectivity index (χ1) is 16.2. The van der Waals surface area contributed by atoms with Gasteiger partial charge in [-0.15, -0.1) is 0 Å². The van der Waals surface area contributed by atoms with Crippen LogP contribution < -0.4 is 8.07 Å². The molecule has 0 saturated heterocycles. The minimum atomic E-state index is 0.0674. The van der Waals surface area contributed by atoms with Crippen LogP contribution in [0.15, 0.2) is 24.3 Å². The number of rotatable bonds is 2. The molecule has 0 N–H and O–H groups in total. The summed E-state index contributed by atoms with van der Waals surface area (Å²) < 4.78 is 3.07. The van der Waals surface area contributed by atoms with Gasteiger partial charge in [-0.3, -0.25) is 0 Å². The Morgan fingerprint density at radius 3 is 0.757 bits per heavy atom. The van der Waals surface area contributed by atoms with Crippen molar-refractivity contribution in [2.75, 3.05) is 0 Å². The normalized spacial score (nSPS) is 14.4. The summed E-state index contributed by atoms with van der Waals surface area (Å²) in [6.45, 7) is 43.1. The summed E-state index contributed by atoms with van der Waals surface area (Å²) in [5, 5.41) is 0. The Balaban J connectivity index is 3.05. The van der Waals surface area contributed by atoms with Crippen LogP contribution in [0.1, 0.15) is 158 Å². The minimum absolute atomic E-state index is 0.0674. The third-order valence-electron chi connectivity index (χ3n) is 7.04. The fraction of sp³-hybridized carbons (Fsp3) is 0.667. The van der Waals surface area contributed by atoms with Crippen molar-refractivity contribution < 1.29 is 18.0 Å². The van der Waals surface area contributed by atoms with Crippen molar-refractivity contribution in [3.63, 3.8) is 0 Å². The molecule has 2 aromatic rings. The maximum absolute atomic E-state index is 2.48. The van der Waals surface area contributed by atoms with E-state index in [2.05, 4.69) is 149 Å². The predicted octanol–water partition coefficient (Wildman–Crippen LogP) is 9.50. The van der Waals surface area contributed by atoms with Gasteiger partial charge in [-0.05, 0) is 0 Å². The van der Waals surface area contributed by atoms with E-state index in [9.17, 15) is 0 Å². The summed E-state index contributed by atoms with van der Waals surface area (Å²) in [6, 6.07) is 9.86. The Hall–Kier alpha value is -0.898. The van der Waals surface area contributed by atoms with Crippen molar-refractivity contribution in [3.05, 3.63) is 57.6 Å². The molecule has 0 nitrogen and oxygen atoms in total. The third-order valence-corrected chi connectivity index (χ3v) is 9.18. The molecule has 2 rings (SSSR count). The van der Waals surface area contributed by atoms with E-state index in [4.69, 9.17) is 0 Å². The van der Waals surface area contributed by atoms with Gasteiger partial charge in [-0.1, -0.05) is 0 Å². The molecule has 37 heavy (non-hydrogen) atoms. The first-order valence-corrected chi connectivity index (χ1v) is 15.7. The van der Waals surface area contributed by atoms with Crippen LogP contribution in [0.4, 0.5) is 0 Å². The van der Waals surface area contributed by atoms with Gasteiger partial charge in [0.05, 0.1) is 0 Å². The average Bonchev–Trinajstić information content (AvgIpc) is 2.62. The van der Waals surface area contributed by atoms with Crippen LogP contribution in [-0.2, 0) is 50.5 Å². The van der Waals surface area contributed by atoms with Crippen LogP contribution in [0.25, 0.3) is 0 Å². The predicted molar refractivity (Wildman–Crippen MR) is 164 cm³/mol. The van der Waals surface area contributed by atoms with E-state index in [0.717, 1.165) is 0 Å². The van der Waals surface area contributed by atoms with E-state index in [1.165, 1.54) is 19.2 Å². The van der Waals surface area contributed by atoms with Gasteiger partial charge in [0.2, 0.25) is 0 Å². The van der Waals surface area contributed by atoms with Gasteiger partial charge < -0.3 is 0 Å². The molecular formula is C36H58Pd. The molecular weight excluding hydrogens is 539 g/mol. The zero-order chi connectivity index (χ0) is 29.2. The quantitative estimate of drug-likeness (QED) is 0.303. The van der Waals surface area contributed by atoms with E-state index in [-0.39, 0.29) is 32.5 Å². The molecule has 0 amide bonds. The molecule has 0 aliphatic rings. The molecule has 0 radical (unpaired) electrons. The van der Waals surface area contributed by atoms with Gasteiger partial charge >= 0.3 is 241 Å². The second-order valence-corrected chi connectivity index (χ2v) is 19.3. The van der Waals surface area contributed by atoms with Crippen LogP contribution in [0, 0.1) is 0 Å². The molecule has 1 heteroatoms. The van der Waals surface area contributed by atoms with Crippen molar-refractivity contribution in [2.45, 2.75) is 157 Å². The summed E-state index contributed by atoms with van der Waals surface area (Å²) in [6.07, 6.45) is 0. The third kappa shape index (κ3) is 7.20. The zero-order valence-electron chi connectivity index (χ0n) is 27.6. The summed E-state index contributed by atoms with van der Waals surface area (Å²) in [5.74, 6) is 0. The molecule has 0 saturated carbocycles. The van der Waals surface area contributed by atoms with E-state index < -0.39 is 0 Å². The van der Waals surface area contributed by atoms with Gasteiger partial charge in [-0.2, -0.15) is 0 Å². The van der Waals surface area contributed by atoms with Gasteiger partial charge in [0, 0.05) is 0 Å². The molecule has 0 heterocycles. The van der Waals surface area contributed by atoms with Gasteiger partial charge in [0.15, 0.2) is 0 Å². The van der Waals surface area contributed by atoms with Gasteiger partial charge in [0.1, 0.15) is 0 Å². The molecule has 0 aromatic heterocycles. The first kappa shape index (κ1) is 32.3. The average molecular weight is 597 g/mol. The van der Waals surface area contributed by atoms with Gasteiger partial charge in [0.25, 0.3) is 0 Å². The van der Waals surface area contributed by atoms with Crippen LogP contribution in [0.3, 0.4) is 0 Å². The molecule has 212 valence electrons. The second-order valence-electron chi connectivity index (χ2n) is 17.2. The molecule has 0 aliphatic carbocycles. The van der Waals surface area contributed by atoms with Crippen molar-refractivity contribution in [1.29, 1.82) is 0 Å². The van der Waals surface area contributed by atoms with Gasteiger partial charge in [-0.25, -0.2) is 0 Å². The van der Waals surface area contributed by atoms with Crippen LogP contribution in [-0.4, -0.2) is 0 Å². The standard InChI is InChI=1S/2C18H29.Pd/c2*1-16(2,3)13-11-10-12-14(17(4,5)6)15(13)18(7,8)9;/h2*10-11H,1-9H3;. The van der Waals surface area contributed by atoms with Crippen molar-refractivity contribution in [2.24, 2.45) is 0 Å².